The van der Waals surface area contributed by atoms with E-state index < -0.39 is 0 Å². The summed E-state index contributed by atoms with van der Waals surface area (Å²) in [4.78, 5) is 15.3. The SMILES string of the molecule is Cl.O=C(Cl)N1CCC(N2CCCCC2)CC1. The molecule has 2 aliphatic heterocycles. The first-order chi connectivity index (χ1) is 7.27. The van der Waals surface area contributed by atoms with Crippen molar-refractivity contribution in [2.45, 2.75) is 38.1 Å². The van der Waals surface area contributed by atoms with Gasteiger partial charge in [0.05, 0.1) is 0 Å². The van der Waals surface area contributed by atoms with Crippen LogP contribution in [0.25, 0.3) is 0 Å². The average molecular weight is 267 g/mol. The molecule has 2 saturated heterocycles. The van der Waals surface area contributed by atoms with E-state index in [1.165, 1.54) is 32.4 Å². The number of likely N-dealkylation sites (tertiary alicyclic amines) is 2. The average Bonchev–Trinajstić information content (AvgIpc) is 2.30. The van der Waals surface area contributed by atoms with Crippen molar-refractivity contribution < 1.29 is 4.79 Å². The number of nitrogens with zero attached hydrogens (tertiary/aromatic N) is 2. The van der Waals surface area contributed by atoms with E-state index >= 15 is 0 Å². The van der Waals surface area contributed by atoms with Gasteiger partial charge in [0.2, 0.25) is 0 Å². The molecule has 1 amide bonds. The number of hydrogen-bond donors (Lipinski definition) is 0. The molecule has 0 aromatic heterocycles. The summed E-state index contributed by atoms with van der Waals surface area (Å²) in [5.41, 5.74) is 0. The van der Waals surface area contributed by atoms with Crippen LogP contribution in [-0.2, 0) is 0 Å². The van der Waals surface area contributed by atoms with Gasteiger partial charge < -0.3 is 9.80 Å². The van der Waals surface area contributed by atoms with Gasteiger partial charge in [0.25, 0.3) is 0 Å². The predicted molar refractivity (Wildman–Crippen MR) is 68.5 cm³/mol. The van der Waals surface area contributed by atoms with Crippen molar-refractivity contribution in [3.8, 4) is 0 Å². The topological polar surface area (TPSA) is 23.6 Å². The highest BCUT2D eigenvalue weighted by atomic mass is 35.5. The number of hydrogen-bond acceptors (Lipinski definition) is 2. The molecule has 94 valence electrons. The molecule has 0 spiro atoms. The van der Waals surface area contributed by atoms with Crippen molar-refractivity contribution >= 4 is 29.4 Å². The van der Waals surface area contributed by atoms with Crippen LogP contribution in [0.4, 0.5) is 4.79 Å². The van der Waals surface area contributed by atoms with Crippen molar-refractivity contribution in [3.05, 3.63) is 0 Å². The monoisotopic (exact) mass is 266 g/mol. The zero-order valence-corrected chi connectivity index (χ0v) is 11.1. The number of halogens is 2. The van der Waals surface area contributed by atoms with Crippen molar-refractivity contribution in [1.82, 2.24) is 9.80 Å². The number of amides is 1. The van der Waals surface area contributed by atoms with Gasteiger partial charge in [-0.2, -0.15) is 0 Å². The largest absolute Gasteiger partial charge is 0.329 e. The third-order valence-electron chi connectivity index (χ3n) is 3.62. The molecule has 0 aromatic carbocycles. The molecule has 0 N–H and O–H groups in total. The fourth-order valence-corrected chi connectivity index (χ4v) is 2.86. The van der Waals surface area contributed by atoms with Crippen molar-refractivity contribution in [1.29, 1.82) is 0 Å². The van der Waals surface area contributed by atoms with Crippen LogP contribution in [-0.4, -0.2) is 47.4 Å². The lowest BCUT2D eigenvalue weighted by Crippen LogP contribution is -2.47. The Balaban J connectivity index is 0.00000128. The van der Waals surface area contributed by atoms with Crippen LogP contribution < -0.4 is 0 Å². The summed E-state index contributed by atoms with van der Waals surface area (Å²) in [6.07, 6.45) is 6.26. The summed E-state index contributed by atoms with van der Waals surface area (Å²) in [5.74, 6) is 0. The molecule has 0 atom stereocenters. The molecule has 2 rings (SSSR count). The molecule has 0 aromatic rings. The fourth-order valence-electron chi connectivity index (χ4n) is 2.69. The molecular formula is C11H20Cl2N2O. The Kier molecular flexibility index (Phi) is 5.87. The van der Waals surface area contributed by atoms with Gasteiger partial charge in [-0.3, -0.25) is 4.79 Å². The predicted octanol–water partition coefficient (Wildman–Crippen LogP) is 2.72. The van der Waals surface area contributed by atoms with Gasteiger partial charge in [-0.25, -0.2) is 0 Å². The normalized spacial score (nSPS) is 23.9. The molecule has 16 heavy (non-hydrogen) atoms. The van der Waals surface area contributed by atoms with Crippen LogP contribution in [0.1, 0.15) is 32.1 Å². The van der Waals surface area contributed by atoms with Crippen LogP contribution >= 0.6 is 24.0 Å². The van der Waals surface area contributed by atoms with Gasteiger partial charge in [-0.15, -0.1) is 12.4 Å². The summed E-state index contributed by atoms with van der Waals surface area (Å²) in [5, 5.41) is -0.285. The van der Waals surface area contributed by atoms with Gasteiger partial charge in [-0.05, 0) is 50.4 Å². The van der Waals surface area contributed by atoms with E-state index in [1.807, 2.05) is 0 Å². The maximum atomic E-state index is 11.0. The van der Waals surface area contributed by atoms with E-state index in [0.29, 0.717) is 6.04 Å². The van der Waals surface area contributed by atoms with Crippen molar-refractivity contribution in [3.63, 3.8) is 0 Å². The number of carbonyl (C=O) groups is 1. The minimum absolute atomic E-state index is 0. The quantitative estimate of drug-likeness (QED) is 0.538. The molecule has 0 unspecified atom stereocenters. The molecule has 0 bridgehead atoms. The zero-order chi connectivity index (χ0) is 10.7. The van der Waals surface area contributed by atoms with Crippen LogP contribution in [0.2, 0.25) is 0 Å². The number of rotatable bonds is 1. The summed E-state index contributed by atoms with van der Waals surface area (Å²) in [6, 6.07) is 0.692. The van der Waals surface area contributed by atoms with Gasteiger partial charge in [0.1, 0.15) is 0 Å². The first-order valence-electron chi connectivity index (χ1n) is 5.96. The lowest BCUT2D eigenvalue weighted by atomic mass is 10.0. The molecular weight excluding hydrogens is 247 g/mol. The van der Waals surface area contributed by atoms with Crippen molar-refractivity contribution in [2.75, 3.05) is 26.2 Å². The molecule has 0 aliphatic carbocycles. The van der Waals surface area contributed by atoms with E-state index in [1.54, 1.807) is 4.90 Å². The third-order valence-corrected chi connectivity index (χ3v) is 3.86. The Bertz CT molecular complexity index is 224. The Morgan fingerprint density at radius 3 is 2.06 bits per heavy atom. The lowest BCUT2D eigenvalue weighted by molar-refractivity contribution is 0.107. The van der Waals surface area contributed by atoms with E-state index in [-0.39, 0.29) is 17.8 Å². The molecule has 5 heteroatoms. The molecule has 2 aliphatic rings. The van der Waals surface area contributed by atoms with E-state index in [0.717, 1.165) is 25.9 Å². The molecule has 2 heterocycles. The smallest absolute Gasteiger partial charge is 0.316 e. The van der Waals surface area contributed by atoms with Crippen LogP contribution in [0.15, 0.2) is 0 Å². The minimum Gasteiger partial charge on any atom is -0.329 e. The maximum absolute atomic E-state index is 11.0. The summed E-state index contributed by atoms with van der Waals surface area (Å²) >= 11 is 5.46. The zero-order valence-electron chi connectivity index (χ0n) is 9.53. The first-order valence-corrected chi connectivity index (χ1v) is 6.33. The second-order valence-corrected chi connectivity index (χ2v) is 4.89. The molecule has 2 fully saturated rings. The minimum atomic E-state index is -0.285. The third kappa shape index (κ3) is 3.51. The molecule has 0 saturated carbocycles. The van der Waals surface area contributed by atoms with Gasteiger partial charge >= 0.3 is 5.37 Å². The van der Waals surface area contributed by atoms with Gasteiger partial charge in [0.15, 0.2) is 0 Å². The highest BCUT2D eigenvalue weighted by molar-refractivity contribution is 6.62. The lowest BCUT2D eigenvalue weighted by Gasteiger charge is -2.39. The number of piperidine rings is 2. The molecule has 3 nitrogen and oxygen atoms in total. The van der Waals surface area contributed by atoms with Crippen LogP contribution in [0.5, 0.6) is 0 Å². The van der Waals surface area contributed by atoms with Gasteiger partial charge in [0, 0.05) is 19.1 Å². The van der Waals surface area contributed by atoms with E-state index in [2.05, 4.69) is 4.90 Å². The van der Waals surface area contributed by atoms with Crippen LogP contribution in [0, 0.1) is 0 Å². The highest BCUT2D eigenvalue weighted by Crippen LogP contribution is 2.21. The fraction of sp³-hybridized carbons (Fsp3) is 0.909. The Labute approximate surface area is 109 Å². The summed E-state index contributed by atoms with van der Waals surface area (Å²) < 4.78 is 0. The molecule has 0 radical (unpaired) electrons. The van der Waals surface area contributed by atoms with Crippen molar-refractivity contribution in [2.24, 2.45) is 0 Å². The second kappa shape index (κ2) is 6.67. The number of carbonyl (C=O) groups excluding carboxylic acids is 1. The maximum Gasteiger partial charge on any atom is 0.316 e. The van der Waals surface area contributed by atoms with Crippen LogP contribution in [0.3, 0.4) is 0 Å². The second-order valence-electron chi connectivity index (χ2n) is 4.57. The summed E-state index contributed by atoms with van der Waals surface area (Å²) in [7, 11) is 0. The highest BCUT2D eigenvalue weighted by Gasteiger charge is 2.26. The first kappa shape index (κ1) is 14.1. The van der Waals surface area contributed by atoms with Gasteiger partial charge in [-0.1, -0.05) is 6.42 Å². The standard InChI is InChI=1S/C11H19ClN2O.ClH/c12-11(15)14-8-4-10(5-9-14)13-6-2-1-3-7-13;/h10H,1-9H2;1H. The summed E-state index contributed by atoms with van der Waals surface area (Å²) in [6.45, 7) is 4.17. The Hall–Kier alpha value is 0.01000. The Morgan fingerprint density at radius 2 is 1.56 bits per heavy atom. The van der Waals surface area contributed by atoms with E-state index in [9.17, 15) is 4.79 Å². The van der Waals surface area contributed by atoms with E-state index in [4.69, 9.17) is 11.6 Å². The Morgan fingerprint density at radius 1 is 1.00 bits per heavy atom.